The molecule has 0 spiro atoms. The molecule has 0 saturated heterocycles. The van der Waals surface area contributed by atoms with E-state index in [9.17, 15) is 14.7 Å². The molecular formula is C32H45N3O4. The van der Waals surface area contributed by atoms with Crippen molar-refractivity contribution >= 4 is 11.8 Å². The van der Waals surface area contributed by atoms with E-state index in [0.29, 0.717) is 26.1 Å². The van der Waals surface area contributed by atoms with Gasteiger partial charge in [0.2, 0.25) is 11.8 Å². The fourth-order valence-electron chi connectivity index (χ4n) is 5.13. The molecule has 1 aliphatic heterocycles. The van der Waals surface area contributed by atoms with Crippen molar-refractivity contribution in [2.24, 2.45) is 5.92 Å². The lowest BCUT2D eigenvalue weighted by Crippen LogP contribution is -2.51. The second-order valence-corrected chi connectivity index (χ2v) is 12.3. The van der Waals surface area contributed by atoms with Gasteiger partial charge in [-0.15, -0.1) is 0 Å². The number of carbonyl (C=O) groups is 2. The molecule has 0 radical (unpaired) electrons. The summed E-state index contributed by atoms with van der Waals surface area (Å²) in [5.41, 5.74) is 3.43. The van der Waals surface area contributed by atoms with Crippen LogP contribution in [0.15, 0.2) is 48.5 Å². The van der Waals surface area contributed by atoms with Gasteiger partial charge in [-0.2, -0.15) is 0 Å². The number of aliphatic hydroxyl groups excluding tert-OH is 1. The van der Waals surface area contributed by atoms with Crippen molar-refractivity contribution in [2.45, 2.75) is 89.3 Å². The van der Waals surface area contributed by atoms with Crippen LogP contribution in [-0.4, -0.2) is 48.8 Å². The minimum atomic E-state index is -0.818. The molecule has 2 aromatic carbocycles. The number of rotatable bonds is 5. The molecule has 212 valence electrons. The quantitative estimate of drug-likeness (QED) is 0.465. The summed E-state index contributed by atoms with van der Waals surface area (Å²) in [6.45, 7) is 9.88. The number of hydrogen-bond acceptors (Lipinski definition) is 5. The predicted octanol–water partition coefficient (Wildman–Crippen LogP) is 3.97. The van der Waals surface area contributed by atoms with Crippen LogP contribution in [0.25, 0.3) is 0 Å². The average Bonchev–Trinajstić information content (AvgIpc) is 3.69. The maximum Gasteiger partial charge on any atom is 0.223 e. The number of hydrogen-bond donors (Lipinski definition) is 4. The maximum atomic E-state index is 13.1. The largest absolute Gasteiger partial charge is 0.494 e. The Hall–Kier alpha value is -2.90. The lowest BCUT2D eigenvalue weighted by atomic mass is 9.85. The standard InChI is InChI=1S/C32H45N3O4/c1-22-17-29(37)33-15-5-6-16-39-26-12-7-9-23(18-26)19-27(35-30(22)38)28(36)21-34-32(13-14-32)25-11-8-10-24(20-25)31(2,3)4/h7-12,18,20,22,27-28,34,36H,5-6,13-17,19,21H2,1-4H3,(H,33,37)(H,35,38)/t22-,27-,28+/m0/s1. The van der Waals surface area contributed by atoms with E-state index in [0.717, 1.165) is 37.0 Å². The molecule has 2 aromatic rings. The zero-order valence-corrected chi connectivity index (χ0v) is 23.9. The minimum absolute atomic E-state index is 0.0610. The third kappa shape index (κ3) is 8.05. The molecule has 1 saturated carbocycles. The van der Waals surface area contributed by atoms with E-state index in [1.165, 1.54) is 11.1 Å². The molecule has 39 heavy (non-hydrogen) atoms. The van der Waals surface area contributed by atoms with Gasteiger partial charge in [-0.1, -0.05) is 64.1 Å². The summed E-state index contributed by atoms with van der Waals surface area (Å²) in [6.07, 6.45) is 3.42. The zero-order valence-electron chi connectivity index (χ0n) is 23.9. The second-order valence-electron chi connectivity index (χ2n) is 12.3. The molecule has 4 N–H and O–H groups in total. The highest BCUT2D eigenvalue weighted by atomic mass is 16.5. The smallest absolute Gasteiger partial charge is 0.223 e. The summed E-state index contributed by atoms with van der Waals surface area (Å²) in [7, 11) is 0. The Morgan fingerprint density at radius 3 is 2.59 bits per heavy atom. The number of ether oxygens (including phenoxy) is 1. The first-order chi connectivity index (χ1) is 18.6. The lowest BCUT2D eigenvalue weighted by molar-refractivity contribution is -0.130. The topological polar surface area (TPSA) is 99.7 Å². The van der Waals surface area contributed by atoms with Gasteiger partial charge in [0.15, 0.2) is 0 Å². The second kappa shape index (κ2) is 12.5. The zero-order chi connectivity index (χ0) is 28.0. The Labute approximate surface area is 233 Å². The summed E-state index contributed by atoms with van der Waals surface area (Å²) >= 11 is 0. The van der Waals surface area contributed by atoms with Crippen LogP contribution in [0, 0.1) is 5.92 Å². The molecule has 3 atom stereocenters. The van der Waals surface area contributed by atoms with Gasteiger partial charge in [-0.3, -0.25) is 9.59 Å². The molecule has 2 bridgehead atoms. The SMILES string of the molecule is C[C@H]1CC(=O)NCCCCOc2cccc(c2)C[C@@H]([C@H](O)CNC2(c3cccc(C(C)(C)C)c3)CC2)NC1=O. The Balaban J connectivity index is 1.49. The van der Waals surface area contributed by atoms with E-state index in [2.05, 4.69) is 61.0 Å². The number of carbonyl (C=O) groups excluding carboxylic acids is 2. The van der Waals surface area contributed by atoms with Gasteiger partial charge >= 0.3 is 0 Å². The summed E-state index contributed by atoms with van der Waals surface area (Å²) in [5.74, 6) is -0.0916. The molecule has 1 fully saturated rings. The molecule has 1 aliphatic carbocycles. The monoisotopic (exact) mass is 535 g/mol. The van der Waals surface area contributed by atoms with E-state index < -0.39 is 18.1 Å². The average molecular weight is 536 g/mol. The van der Waals surface area contributed by atoms with Crippen molar-refractivity contribution in [3.8, 4) is 5.75 Å². The molecule has 0 aromatic heterocycles. The van der Waals surface area contributed by atoms with Crippen LogP contribution < -0.4 is 20.7 Å². The number of amides is 2. The van der Waals surface area contributed by atoms with Crippen LogP contribution in [0.3, 0.4) is 0 Å². The number of fused-ring (bicyclic) bond motifs is 2. The van der Waals surface area contributed by atoms with E-state index in [-0.39, 0.29) is 29.2 Å². The minimum Gasteiger partial charge on any atom is -0.494 e. The summed E-state index contributed by atoms with van der Waals surface area (Å²) in [4.78, 5) is 25.4. The Morgan fingerprint density at radius 1 is 1.08 bits per heavy atom. The fourth-order valence-corrected chi connectivity index (χ4v) is 5.13. The molecule has 0 unspecified atom stereocenters. The Kier molecular flexibility index (Phi) is 9.34. The van der Waals surface area contributed by atoms with E-state index >= 15 is 0 Å². The predicted molar refractivity (Wildman–Crippen MR) is 154 cm³/mol. The maximum absolute atomic E-state index is 13.1. The fraction of sp³-hybridized carbons (Fsp3) is 0.562. The van der Waals surface area contributed by atoms with Crippen molar-refractivity contribution in [1.29, 1.82) is 0 Å². The van der Waals surface area contributed by atoms with Crippen molar-refractivity contribution in [2.75, 3.05) is 19.7 Å². The van der Waals surface area contributed by atoms with Crippen molar-refractivity contribution in [3.05, 3.63) is 65.2 Å². The summed E-state index contributed by atoms with van der Waals surface area (Å²) in [5, 5.41) is 21.0. The molecule has 2 amide bonds. The van der Waals surface area contributed by atoms with Gasteiger partial charge in [0.25, 0.3) is 0 Å². The van der Waals surface area contributed by atoms with Crippen LogP contribution in [0.5, 0.6) is 5.75 Å². The van der Waals surface area contributed by atoms with Crippen molar-refractivity contribution < 1.29 is 19.4 Å². The summed E-state index contributed by atoms with van der Waals surface area (Å²) < 4.78 is 5.92. The number of nitrogens with one attached hydrogen (secondary N) is 3. The molecule has 4 rings (SSSR count). The highest BCUT2D eigenvalue weighted by molar-refractivity contribution is 5.85. The highest BCUT2D eigenvalue weighted by Crippen LogP contribution is 2.46. The molecule has 7 nitrogen and oxygen atoms in total. The van der Waals surface area contributed by atoms with Gasteiger partial charge in [0.1, 0.15) is 5.75 Å². The Morgan fingerprint density at radius 2 is 1.85 bits per heavy atom. The summed E-state index contributed by atoms with van der Waals surface area (Å²) in [6, 6.07) is 16.0. The van der Waals surface area contributed by atoms with Crippen LogP contribution in [0.4, 0.5) is 0 Å². The van der Waals surface area contributed by atoms with Crippen molar-refractivity contribution in [3.63, 3.8) is 0 Å². The first-order valence-corrected chi connectivity index (χ1v) is 14.4. The van der Waals surface area contributed by atoms with E-state index in [4.69, 9.17) is 4.74 Å². The van der Waals surface area contributed by atoms with Crippen LogP contribution in [-0.2, 0) is 27.0 Å². The van der Waals surface area contributed by atoms with Gasteiger partial charge in [-0.05, 0) is 66.3 Å². The molecule has 1 heterocycles. The highest BCUT2D eigenvalue weighted by Gasteiger charge is 2.44. The van der Waals surface area contributed by atoms with Gasteiger partial charge in [0.05, 0.1) is 18.8 Å². The Bertz CT molecular complexity index is 1140. The first kappa shape index (κ1) is 29.1. The molecule has 7 heteroatoms. The third-order valence-electron chi connectivity index (χ3n) is 7.93. The molecule has 2 aliphatic rings. The van der Waals surface area contributed by atoms with Crippen LogP contribution >= 0.6 is 0 Å². The molecular weight excluding hydrogens is 490 g/mol. The van der Waals surface area contributed by atoms with Gasteiger partial charge in [-0.25, -0.2) is 0 Å². The van der Waals surface area contributed by atoms with Gasteiger partial charge in [0, 0.05) is 31.0 Å². The first-order valence-electron chi connectivity index (χ1n) is 14.4. The van der Waals surface area contributed by atoms with Crippen LogP contribution in [0.2, 0.25) is 0 Å². The van der Waals surface area contributed by atoms with E-state index in [1.54, 1.807) is 6.92 Å². The van der Waals surface area contributed by atoms with E-state index in [1.807, 2.05) is 24.3 Å². The van der Waals surface area contributed by atoms with Crippen LogP contribution in [0.1, 0.15) is 76.5 Å². The normalized spacial score (nSPS) is 23.2. The van der Waals surface area contributed by atoms with Crippen molar-refractivity contribution in [1.82, 2.24) is 16.0 Å². The van der Waals surface area contributed by atoms with Gasteiger partial charge < -0.3 is 25.8 Å². The number of aliphatic hydroxyl groups is 1. The number of benzene rings is 2. The lowest BCUT2D eigenvalue weighted by Gasteiger charge is -2.29. The third-order valence-corrected chi connectivity index (χ3v) is 7.93.